The van der Waals surface area contributed by atoms with Crippen LogP contribution in [0.25, 0.3) is 0 Å². The zero-order valence-electron chi connectivity index (χ0n) is 13.8. The van der Waals surface area contributed by atoms with Gasteiger partial charge in [-0.25, -0.2) is 0 Å². The largest absolute Gasteiger partial charge is 0.496 e. The van der Waals surface area contributed by atoms with Crippen LogP contribution in [0.3, 0.4) is 0 Å². The summed E-state index contributed by atoms with van der Waals surface area (Å²) in [6.07, 6.45) is -18.0. The van der Waals surface area contributed by atoms with Gasteiger partial charge >= 0.3 is 18.5 Å². The summed E-state index contributed by atoms with van der Waals surface area (Å²) in [4.78, 5) is 0. The second kappa shape index (κ2) is 6.62. The lowest BCUT2D eigenvalue weighted by molar-refractivity contribution is -0.376. The highest BCUT2D eigenvalue weighted by atomic mass is 19.4. The van der Waals surface area contributed by atoms with Crippen molar-refractivity contribution in [2.45, 2.75) is 36.7 Å². The van der Waals surface area contributed by atoms with Crippen molar-refractivity contribution in [1.82, 2.24) is 0 Å². The van der Waals surface area contributed by atoms with E-state index in [1.165, 1.54) is 0 Å². The van der Waals surface area contributed by atoms with Gasteiger partial charge in [-0.3, -0.25) is 0 Å². The van der Waals surface area contributed by atoms with Crippen LogP contribution in [0.2, 0.25) is 0 Å². The lowest BCUT2D eigenvalue weighted by atomic mass is 9.86. The normalized spacial score (nSPS) is 16.1. The van der Waals surface area contributed by atoms with Crippen molar-refractivity contribution >= 4 is 0 Å². The van der Waals surface area contributed by atoms with Gasteiger partial charge in [-0.05, 0) is 19.1 Å². The summed E-state index contributed by atoms with van der Waals surface area (Å²) in [6.45, 7) is 0.212. The molecule has 0 aliphatic rings. The van der Waals surface area contributed by atoms with Crippen LogP contribution in [-0.2, 0) is 11.2 Å². The van der Waals surface area contributed by atoms with Gasteiger partial charge in [0, 0.05) is 11.1 Å². The van der Waals surface area contributed by atoms with Crippen LogP contribution in [0.15, 0.2) is 12.1 Å². The Balaban J connectivity index is 3.95. The molecule has 0 radical (unpaired) electrons. The van der Waals surface area contributed by atoms with Crippen molar-refractivity contribution < 1.29 is 59.2 Å². The van der Waals surface area contributed by atoms with Crippen LogP contribution in [0.1, 0.15) is 18.1 Å². The van der Waals surface area contributed by atoms with E-state index < -0.39 is 52.4 Å². The molecule has 1 atom stereocenters. The van der Waals surface area contributed by atoms with E-state index in [1.54, 1.807) is 0 Å². The molecule has 0 saturated carbocycles. The molecule has 0 aliphatic carbocycles. The molecule has 4 nitrogen and oxygen atoms in total. The number of halogens is 9. The highest BCUT2D eigenvalue weighted by Crippen LogP contribution is 2.54. The first-order chi connectivity index (χ1) is 11.9. The molecule has 1 aromatic rings. The SMILES string of the molecule is COc1cc(C(O)(C(F)(F)F)C(F)(F)F)c(OC)cc1C(C)(O)C(F)(F)F. The molecule has 0 saturated heterocycles. The smallest absolute Gasteiger partial charge is 0.430 e. The molecular weight excluding hydrogens is 403 g/mol. The topological polar surface area (TPSA) is 58.9 Å². The number of hydrogen-bond donors (Lipinski definition) is 2. The quantitative estimate of drug-likeness (QED) is 0.734. The van der Waals surface area contributed by atoms with Crippen LogP contribution < -0.4 is 9.47 Å². The molecule has 0 aliphatic heterocycles. The predicted molar refractivity (Wildman–Crippen MR) is 71.2 cm³/mol. The van der Waals surface area contributed by atoms with Gasteiger partial charge in [0.1, 0.15) is 11.5 Å². The van der Waals surface area contributed by atoms with Crippen molar-refractivity contribution in [1.29, 1.82) is 0 Å². The van der Waals surface area contributed by atoms with E-state index >= 15 is 0 Å². The first-order valence-corrected chi connectivity index (χ1v) is 6.78. The van der Waals surface area contributed by atoms with Gasteiger partial charge in [0.15, 0.2) is 5.60 Å². The summed E-state index contributed by atoms with van der Waals surface area (Å²) in [5.41, 5.74) is -12.4. The third-order valence-corrected chi connectivity index (χ3v) is 3.81. The monoisotopic (exact) mass is 416 g/mol. The maximum absolute atomic E-state index is 13.1. The number of rotatable bonds is 4. The van der Waals surface area contributed by atoms with Crippen molar-refractivity contribution in [3.05, 3.63) is 23.3 Å². The van der Waals surface area contributed by atoms with Gasteiger partial charge in [-0.1, -0.05) is 0 Å². The van der Waals surface area contributed by atoms with Gasteiger partial charge in [0.25, 0.3) is 5.60 Å². The number of ether oxygens (including phenoxy) is 2. The third kappa shape index (κ3) is 3.61. The Hall–Kier alpha value is -1.89. The summed E-state index contributed by atoms with van der Waals surface area (Å²) in [6, 6.07) is -0.0283. The van der Waals surface area contributed by atoms with Gasteiger partial charge in [0.05, 0.1) is 14.2 Å². The summed E-state index contributed by atoms with van der Waals surface area (Å²) >= 11 is 0. The van der Waals surface area contributed by atoms with Crippen LogP contribution in [0.4, 0.5) is 39.5 Å². The minimum absolute atomic E-state index is 0.0874. The summed E-state index contributed by atoms with van der Waals surface area (Å²) in [5, 5.41) is 19.2. The number of benzene rings is 1. The predicted octanol–water partition coefficient (Wildman–Crippen LogP) is 3.79. The van der Waals surface area contributed by atoms with E-state index in [0.29, 0.717) is 14.2 Å². The van der Waals surface area contributed by atoms with E-state index in [0.717, 1.165) is 0 Å². The van der Waals surface area contributed by atoms with Crippen molar-refractivity contribution in [3.8, 4) is 11.5 Å². The first-order valence-electron chi connectivity index (χ1n) is 6.78. The van der Waals surface area contributed by atoms with E-state index in [4.69, 9.17) is 0 Å². The Morgan fingerprint density at radius 1 is 0.667 bits per heavy atom. The highest BCUT2D eigenvalue weighted by molar-refractivity contribution is 5.52. The Morgan fingerprint density at radius 3 is 1.30 bits per heavy atom. The molecule has 27 heavy (non-hydrogen) atoms. The fourth-order valence-electron chi connectivity index (χ4n) is 2.18. The van der Waals surface area contributed by atoms with E-state index in [2.05, 4.69) is 9.47 Å². The standard InChI is InChI=1S/C14H13F9O4/c1-10(24,12(15,16)17)6-4-9(27-3)7(5-8(6)26-2)11(25,13(18,19)20)14(21,22)23/h4-5,24-25H,1-3H3. The average molecular weight is 416 g/mol. The first kappa shape index (κ1) is 23.1. The molecular formula is C14H13F9O4. The van der Waals surface area contributed by atoms with E-state index in [9.17, 15) is 49.7 Å². The molecule has 0 fully saturated rings. The van der Waals surface area contributed by atoms with Crippen molar-refractivity contribution in [2.75, 3.05) is 14.2 Å². The van der Waals surface area contributed by atoms with Crippen LogP contribution >= 0.6 is 0 Å². The Kier molecular flexibility index (Phi) is 5.67. The molecule has 0 aromatic heterocycles. The zero-order chi connectivity index (χ0) is 21.6. The molecule has 0 spiro atoms. The molecule has 1 rings (SSSR count). The Labute approximate surface area is 146 Å². The Bertz CT molecular complexity index is 676. The van der Waals surface area contributed by atoms with Crippen molar-refractivity contribution in [2.24, 2.45) is 0 Å². The fraction of sp³-hybridized carbons (Fsp3) is 0.571. The lowest BCUT2D eigenvalue weighted by Gasteiger charge is -2.35. The molecule has 0 heterocycles. The zero-order valence-corrected chi connectivity index (χ0v) is 13.8. The molecule has 0 amide bonds. The molecule has 1 unspecified atom stereocenters. The summed E-state index contributed by atoms with van der Waals surface area (Å²) in [5.74, 6) is -2.58. The molecule has 2 N–H and O–H groups in total. The maximum Gasteiger partial charge on any atom is 0.430 e. The highest BCUT2D eigenvalue weighted by Gasteiger charge is 2.72. The van der Waals surface area contributed by atoms with Gasteiger partial charge in [-0.2, -0.15) is 39.5 Å². The van der Waals surface area contributed by atoms with Gasteiger partial charge in [0.2, 0.25) is 0 Å². The van der Waals surface area contributed by atoms with Crippen LogP contribution in [-0.4, -0.2) is 43.0 Å². The number of aliphatic hydroxyl groups is 2. The van der Waals surface area contributed by atoms with Crippen LogP contribution in [0.5, 0.6) is 11.5 Å². The third-order valence-electron chi connectivity index (χ3n) is 3.81. The molecule has 0 bridgehead atoms. The van der Waals surface area contributed by atoms with Crippen LogP contribution in [0, 0.1) is 0 Å². The fourth-order valence-corrected chi connectivity index (χ4v) is 2.18. The lowest BCUT2D eigenvalue weighted by Crippen LogP contribution is -2.54. The van der Waals surface area contributed by atoms with Gasteiger partial charge < -0.3 is 19.7 Å². The maximum atomic E-state index is 13.1. The summed E-state index contributed by atoms with van der Waals surface area (Å²) in [7, 11) is 1.23. The minimum Gasteiger partial charge on any atom is -0.496 e. The van der Waals surface area contributed by atoms with E-state index in [1.807, 2.05) is 0 Å². The number of methoxy groups -OCH3 is 2. The second-order valence-corrected chi connectivity index (χ2v) is 5.53. The average Bonchev–Trinajstić information content (AvgIpc) is 2.49. The second-order valence-electron chi connectivity index (χ2n) is 5.53. The Morgan fingerprint density at radius 2 is 1.00 bits per heavy atom. The number of hydrogen-bond acceptors (Lipinski definition) is 4. The molecule has 1 aromatic carbocycles. The van der Waals surface area contributed by atoms with Gasteiger partial charge in [-0.15, -0.1) is 0 Å². The minimum atomic E-state index is -6.31. The number of alkyl halides is 9. The van der Waals surface area contributed by atoms with E-state index in [-0.39, 0.29) is 19.1 Å². The molecule has 13 heteroatoms. The summed E-state index contributed by atoms with van der Waals surface area (Å²) < 4.78 is 126. The molecule has 156 valence electrons. The van der Waals surface area contributed by atoms with Crippen molar-refractivity contribution in [3.63, 3.8) is 0 Å².